The summed E-state index contributed by atoms with van der Waals surface area (Å²) >= 11 is 3.44. The lowest BCUT2D eigenvalue weighted by Crippen LogP contribution is -2.50. The topological polar surface area (TPSA) is 38.7 Å². The minimum atomic E-state index is -1.52. The highest BCUT2D eigenvalue weighted by Crippen LogP contribution is 2.45. The van der Waals surface area contributed by atoms with Gasteiger partial charge in [0.2, 0.25) is 5.82 Å². The lowest BCUT2D eigenvalue weighted by atomic mass is 9.73. The van der Waals surface area contributed by atoms with E-state index < -0.39 is 22.1 Å². The van der Waals surface area contributed by atoms with Gasteiger partial charge in [-0.15, -0.1) is 0 Å². The fourth-order valence-corrected chi connectivity index (χ4v) is 5.40. The third kappa shape index (κ3) is 4.39. The molecule has 0 aromatic heterocycles. The van der Waals surface area contributed by atoms with Crippen LogP contribution in [0.15, 0.2) is 12.1 Å². The highest BCUT2D eigenvalue weighted by atomic mass is 79.9. The van der Waals surface area contributed by atoms with Gasteiger partial charge in [0.25, 0.3) is 0 Å². The molecule has 0 unspecified atom stereocenters. The maximum absolute atomic E-state index is 14.8. The van der Waals surface area contributed by atoms with Gasteiger partial charge in [-0.1, -0.05) is 48.5 Å². The Hall–Kier alpha value is -0.720. The predicted octanol–water partition coefficient (Wildman–Crippen LogP) is 5.71. The highest BCUT2D eigenvalue weighted by Gasteiger charge is 2.47. The van der Waals surface area contributed by atoms with Crippen LogP contribution in [0.4, 0.5) is 8.78 Å². The van der Waals surface area contributed by atoms with Crippen LogP contribution < -0.4 is 4.74 Å². The lowest BCUT2D eigenvalue weighted by molar-refractivity contribution is -0.125. The summed E-state index contributed by atoms with van der Waals surface area (Å²) in [5.74, 6) is -1.07. The zero-order valence-corrected chi connectivity index (χ0v) is 18.3. The Bertz CT molecular complexity index is 663. The van der Waals surface area contributed by atoms with Crippen LogP contribution >= 0.6 is 15.9 Å². The second-order valence-corrected chi connectivity index (χ2v) is 9.31. The molecule has 2 fully saturated rings. The summed E-state index contributed by atoms with van der Waals surface area (Å²) in [7, 11) is 0. The molecule has 0 radical (unpaired) electrons. The van der Waals surface area contributed by atoms with Crippen LogP contribution in [0, 0.1) is 23.5 Å². The molecular formula is C22H31BrF2O3. The monoisotopic (exact) mass is 460 g/mol. The lowest BCUT2D eigenvalue weighted by Gasteiger charge is -2.45. The van der Waals surface area contributed by atoms with Crippen molar-refractivity contribution in [3.05, 3.63) is 29.3 Å². The van der Waals surface area contributed by atoms with Gasteiger partial charge >= 0.3 is 0 Å². The Morgan fingerprint density at radius 1 is 1.18 bits per heavy atom. The van der Waals surface area contributed by atoms with Gasteiger partial charge in [-0.05, 0) is 43.7 Å². The standard InChI is InChI=1S/C22H31BrF2O3/c1-3-5-14-6-8-15(9-7-14)18-12-22(26,19(23)13-28-18)16-10-11-17(27-4-2)21(25)20(16)24/h10-11,14-15,18-19,26H,3-9,12-13H2,1-2H3/t14?,15?,18-,19+,22+/m0/s1. The molecule has 1 aromatic rings. The van der Waals surface area contributed by atoms with Crippen molar-refractivity contribution in [2.75, 3.05) is 13.2 Å². The average Bonchev–Trinajstić information content (AvgIpc) is 2.69. The minimum absolute atomic E-state index is 0.0247. The van der Waals surface area contributed by atoms with E-state index in [0.717, 1.165) is 18.8 Å². The fraction of sp³-hybridized carbons (Fsp3) is 0.727. The van der Waals surface area contributed by atoms with Crippen LogP contribution in [0.25, 0.3) is 0 Å². The molecule has 2 aliphatic rings. The summed E-state index contributed by atoms with van der Waals surface area (Å²) < 4.78 is 40.4. The van der Waals surface area contributed by atoms with Gasteiger partial charge in [0.1, 0.15) is 5.60 Å². The molecule has 1 aliphatic carbocycles. The Morgan fingerprint density at radius 2 is 1.89 bits per heavy atom. The second-order valence-electron chi connectivity index (χ2n) is 8.21. The van der Waals surface area contributed by atoms with Crippen LogP contribution in [0.3, 0.4) is 0 Å². The fourth-order valence-electron chi connectivity index (χ4n) is 4.81. The van der Waals surface area contributed by atoms with E-state index in [1.54, 1.807) is 6.92 Å². The molecule has 1 saturated carbocycles. The van der Waals surface area contributed by atoms with Crippen LogP contribution in [0.1, 0.15) is 64.4 Å². The van der Waals surface area contributed by atoms with Crippen molar-refractivity contribution >= 4 is 15.9 Å². The Morgan fingerprint density at radius 3 is 2.54 bits per heavy atom. The van der Waals surface area contributed by atoms with Gasteiger partial charge in [0.05, 0.1) is 24.1 Å². The third-order valence-corrected chi connectivity index (χ3v) is 7.44. The third-order valence-electron chi connectivity index (χ3n) is 6.41. The van der Waals surface area contributed by atoms with Gasteiger partial charge in [0, 0.05) is 12.0 Å². The van der Waals surface area contributed by atoms with Gasteiger partial charge in [-0.3, -0.25) is 0 Å². The predicted molar refractivity (Wildman–Crippen MR) is 109 cm³/mol. The van der Waals surface area contributed by atoms with Gasteiger partial charge < -0.3 is 14.6 Å². The van der Waals surface area contributed by atoms with Crippen molar-refractivity contribution in [1.29, 1.82) is 0 Å². The molecule has 0 amide bonds. The zero-order chi connectivity index (χ0) is 20.3. The maximum atomic E-state index is 14.8. The highest BCUT2D eigenvalue weighted by molar-refractivity contribution is 9.09. The van der Waals surface area contributed by atoms with Crippen molar-refractivity contribution in [1.82, 2.24) is 0 Å². The molecular weight excluding hydrogens is 430 g/mol. The molecule has 28 heavy (non-hydrogen) atoms. The van der Waals surface area contributed by atoms with Crippen molar-refractivity contribution in [3.63, 3.8) is 0 Å². The van der Waals surface area contributed by atoms with Crippen LogP contribution in [0.2, 0.25) is 0 Å². The van der Waals surface area contributed by atoms with Crippen LogP contribution in [-0.4, -0.2) is 29.3 Å². The van der Waals surface area contributed by atoms with E-state index in [1.807, 2.05) is 0 Å². The quantitative estimate of drug-likeness (QED) is 0.552. The first-order valence-corrected chi connectivity index (χ1v) is 11.4. The van der Waals surface area contributed by atoms with Gasteiger partial charge in [-0.2, -0.15) is 4.39 Å². The summed E-state index contributed by atoms with van der Waals surface area (Å²) in [4.78, 5) is -0.500. The molecule has 3 nitrogen and oxygen atoms in total. The van der Waals surface area contributed by atoms with Gasteiger partial charge in [-0.25, -0.2) is 4.39 Å². The van der Waals surface area contributed by atoms with Crippen molar-refractivity contribution in [3.8, 4) is 5.75 Å². The smallest absolute Gasteiger partial charge is 0.200 e. The Kier molecular flexibility index (Phi) is 7.37. The number of halogens is 3. The first-order valence-electron chi connectivity index (χ1n) is 10.5. The van der Waals surface area contributed by atoms with E-state index in [2.05, 4.69) is 22.9 Å². The number of alkyl halides is 1. The van der Waals surface area contributed by atoms with Crippen molar-refractivity contribution < 1.29 is 23.4 Å². The van der Waals surface area contributed by atoms with E-state index >= 15 is 0 Å². The van der Waals surface area contributed by atoms with E-state index in [4.69, 9.17) is 9.47 Å². The summed E-state index contributed by atoms with van der Waals surface area (Å²) in [6.07, 6.45) is 7.09. The summed E-state index contributed by atoms with van der Waals surface area (Å²) in [5, 5.41) is 11.4. The number of hydrogen-bond donors (Lipinski definition) is 1. The number of ether oxygens (including phenoxy) is 2. The molecule has 1 aromatic carbocycles. The maximum Gasteiger partial charge on any atom is 0.200 e. The normalized spacial score (nSPS) is 33.6. The largest absolute Gasteiger partial charge is 0.491 e. The molecule has 1 saturated heterocycles. The number of rotatable bonds is 6. The summed E-state index contributed by atoms with van der Waals surface area (Å²) in [5.41, 5.74) is -1.54. The molecule has 3 rings (SSSR count). The molecule has 3 atom stereocenters. The van der Waals surface area contributed by atoms with E-state index in [0.29, 0.717) is 5.92 Å². The van der Waals surface area contributed by atoms with Gasteiger partial charge in [0.15, 0.2) is 11.6 Å². The second kappa shape index (κ2) is 9.40. The molecule has 6 heteroatoms. The van der Waals surface area contributed by atoms with Crippen molar-refractivity contribution in [2.45, 2.75) is 75.3 Å². The Balaban J connectivity index is 1.78. The number of benzene rings is 1. The number of aliphatic hydroxyl groups is 1. The first-order chi connectivity index (χ1) is 13.4. The van der Waals surface area contributed by atoms with E-state index in [1.165, 1.54) is 37.8 Å². The van der Waals surface area contributed by atoms with Crippen LogP contribution in [0.5, 0.6) is 5.75 Å². The zero-order valence-electron chi connectivity index (χ0n) is 16.7. The number of hydrogen-bond acceptors (Lipinski definition) is 3. The SMILES string of the molecule is CCCC1CCC([C@@H]2C[C@@](O)(c3ccc(OCC)c(F)c3F)[C@H](Br)CO2)CC1. The molecule has 158 valence electrons. The molecule has 1 heterocycles. The Labute approximate surface area is 174 Å². The van der Waals surface area contributed by atoms with E-state index in [-0.39, 0.29) is 37.1 Å². The average molecular weight is 461 g/mol. The molecule has 0 spiro atoms. The molecule has 0 bridgehead atoms. The summed E-state index contributed by atoms with van der Waals surface area (Å²) in [6.45, 7) is 4.45. The summed E-state index contributed by atoms with van der Waals surface area (Å²) in [6, 6.07) is 2.84. The molecule has 1 N–H and O–H groups in total. The van der Waals surface area contributed by atoms with Crippen molar-refractivity contribution in [2.24, 2.45) is 11.8 Å². The van der Waals surface area contributed by atoms with E-state index in [9.17, 15) is 13.9 Å². The first kappa shape index (κ1) is 22.0. The molecule has 1 aliphatic heterocycles. The van der Waals surface area contributed by atoms with Crippen LogP contribution in [-0.2, 0) is 10.3 Å². The minimum Gasteiger partial charge on any atom is -0.491 e.